The van der Waals surface area contributed by atoms with E-state index in [1.54, 1.807) is 35.0 Å². The number of unbranched alkanes of at least 4 members (excludes halogenated alkanes) is 1. The van der Waals surface area contributed by atoms with Crippen molar-refractivity contribution < 1.29 is 37.9 Å². The first-order valence-electron chi connectivity index (χ1n) is 12.6. The van der Waals surface area contributed by atoms with Crippen LogP contribution in [0.3, 0.4) is 0 Å². The summed E-state index contributed by atoms with van der Waals surface area (Å²) in [5, 5.41) is 2.72. The summed E-state index contributed by atoms with van der Waals surface area (Å²) in [5.41, 5.74) is -1.71. The zero-order chi connectivity index (χ0) is 28.7. The molecule has 0 radical (unpaired) electrons. The maximum absolute atomic E-state index is 12.1. The van der Waals surface area contributed by atoms with Crippen LogP contribution in [0.15, 0.2) is 0 Å². The van der Waals surface area contributed by atoms with Crippen molar-refractivity contribution in [2.24, 2.45) is 11.8 Å². The van der Waals surface area contributed by atoms with E-state index in [1.165, 1.54) is 6.92 Å². The van der Waals surface area contributed by atoms with Gasteiger partial charge in [0.1, 0.15) is 11.7 Å². The molecular weight excluding hydrogens is 546 g/mol. The summed E-state index contributed by atoms with van der Waals surface area (Å²) in [6.45, 7) is 14.6. The van der Waals surface area contributed by atoms with Gasteiger partial charge in [0.05, 0.1) is 18.4 Å². The molecule has 10 heteroatoms. The predicted molar refractivity (Wildman–Crippen MR) is 178 cm³/mol. The van der Waals surface area contributed by atoms with E-state index in [9.17, 15) is 22.8 Å². The molecule has 2 unspecified atom stereocenters. The van der Waals surface area contributed by atoms with Gasteiger partial charge in [-0.25, -0.2) is 0 Å². The topological polar surface area (TPSA) is 125 Å². The lowest BCUT2D eigenvalue weighted by Gasteiger charge is -2.31. The molecule has 0 saturated carbocycles. The zero-order valence-electron chi connectivity index (χ0n) is 24.4. The normalized spacial score (nSPS) is 12.8. The van der Waals surface area contributed by atoms with E-state index in [0.717, 1.165) is 13.5 Å². The Morgan fingerprint density at radius 1 is 0.854 bits per heavy atom. The van der Waals surface area contributed by atoms with Crippen molar-refractivity contribution in [2.45, 2.75) is 148 Å². The number of carbonyl (C=O) groups excluding carboxylic acids is 3. The lowest BCUT2D eigenvalue weighted by molar-refractivity contribution is -0.142. The highest BCUT2D eigenvalue weighted by molar-refractivity contribution is 7.86. The summed E-state index contributed by atoms with van der Waals surface area (Å²) in [5.74, 6) is 0.448. The van der Waals surface area contributed by atoms with E-state index < -0.39 is 21.3 Å². The maximum Gasteiger partial charge on any atom is 0.269 e. The number of ether oxygens (including phenoxy) is 2. The summed E-state index contributed by atoms with van der Waals surface area (Å²) >= 11 is 0. The molecule has 0 rings (SSSR count). The number of ketones is 2. The average molecular weight is 620 g/mol. The van der Waals surface area contributed by atoms with Crippen molar-refractivity contribution in [2.75, 3.05) is 27.1 Å². The smallest absolute Gasteiger partial charge is 0.269 e. The van der Waals surface area contributed by atoms with Crippen molar-refractivity contribution in [3.63, 3.8) is 0 Å². The van der Waals surface area contributed by atoms with Gasteiger partial charge in [-0.05, 0) is 71.6 Å². The van der Waals surface area contributed by atoms with Crippen LogP contribution in [0.25, 0.3) is 0 Å². The number of Topliss-reactive ketones (excluding diaryl/α,β-unsaturated/α-hetero) is 2. The molecule has 0 aromatic rings. The Morgan fingerprint density at radius 3 is 1.63 bits per heavy atom. The first kappa shape index (κ1) is 55.6. The standard InChI is InChI=1S/C18H35NO6S.C8H16O2.5CH4.H2/c1-14(2)12-18(24-6,15(3)20)11-9-8-10-16(21)19-17(4,5)13-26(22,23)25-7;1-6(2)5-8(10-4)7(3)9;;;;;;/h14H,8-13H2,1-7H3,(H,19,21);6,8H,5H2,1-4H3;5*1H4;1H. The maximum atomic E-state index is 12.1. The van der Waals surface area contributed by atoms with Gasteiger partial charge in [0, 0.05) is 22.1 Å². The SMILES string of the molecule is C.C.C.C.C.COC(CC(C)C)C(C)=O.COC(CCCCC(=O)NC(C)(C)CS(=O)(=O)OC)(CC(C)C)C(C)=O.[HH]. The second kappa shape index (κ2) is 26.3. The summed E-state index contributed by atoms with van der Waals surface area (Å²) in [4.78, 5) is 34.9. The molecule has 0 bridgehead atoms. The molecule has 1 amide bonds. The number of nitrogens with one attached hydrogen (secondary N) is 1. The molecule has 1 N–H and O–H groups in total. The Bertz CT molecular complexity index is 786. The summed E-state index contributed by atoms with van der Waals surface area (Å²) in [7, 11) is 0.567. The monoisotopic (exact) mass is 620 g/mol. The molecule has 2 atom stereocenters. The van der Waals surface area contributed by atoms with E-state index in [-0.39, 0.29) is 74.3 Å². The van der Waals surface area contributed by atoms with Gasteiger partial charge in [-0.15, -0.1) is 0 Å². The van der Waals surface area contributed by atoms with Crippen LogP contribution >= 0.6 is 0 Å². The molecule has 0 aliphatic carbocycles. The summed E-state index contributed by atoms with van der Waals surface area (Å²) in [6, 6.07) is 0. The Morgan fingerprint density at radius 2 is 1.34 bits per heavy atom. The highest BCUT2D eigenvalue weighted by atomic mass is 32.2. The van der Waals surface area contributed by atoms with Crippen molar-refractivity contribution in [3.8, 4) is 0 Å². The van der Waals surface area contributed by atoms with Gasteiger partial charge in [0.15, 0.2) is 11.6 Å². The molecule has 0 fully saturated rings. The molecule has 9 nitrogen and oxygen atoms in total. The van der Waals surface area contributed by atoms with Gasteiger partial charge in [-0.2, -0.15) is 8.42 Å². The fourth-order valence-corrected chi connectivity index (χ4v) is 5.01. The fraction of sp³-hybridized carbons (Fsp3) is 0.903. The molecule has 0 spiro atoms. The van der Waals surface area contributed by atoms with Gasteiger partial charge in [-0.3, -0.25) is 18.6 Å². The molecule has 0 saturated heterocycles. The second-order valence-corrected chi connectivity index (χ2v) is 12.6. The van der Waals surface area contributed by atoms with E-state index in [2.05, 4.69) is 23.3 Å². The van der Waals surface area contributed by atoms with Crippen molar-refractivity contribution in [1.82, 2.24) is 5.32 Å². The van der Waals surface area contributed by atoms with Crippen LogP contribution in [-0.4, -0.2) is 70.2 Å². The Kier molecular flexibility index (Phi) is 35.6. The van der Waals surface area contributed by atoms with Gasteiger partial charge in [0.2, 0.25) is 5.91 Å². The molecule has 0 aliphatic heterocycles. The van der Waals surface area contributed by atoms with Crippen LogP contribution in [-0.2, 0) is 38.2 Å². The lowest BCUT2D eigenvalue weighted by Crippen LogP contribution is -2.48. The van der Waals surface area contributed by atoms with E-state index in [1.807, 2.05) is 13.8 Å². The molecule has 41 heavy (non-hydrogen) atoms. The number of hydrogen-bond acceptors (Lipinski definition) is 8. The first-order valence-corrected chi connectivity index (χ1v) is 14.1. The molecule has 0 heterocycles. The van der Waals surface area contributed by atoms with Gasteiger partial charge in [-0.1, -0.05) is 64.8 Å². The Hall–Kier alpha value is -1.36. The van der Waals surface area contributed by atoms with E-state index >= 15 is 0 Å². The minimum atomic E-state index is -3.66. The minimum absolute atomic E-state index is 0. The third-order valence-corrected chi connectivity index (χ3v) is 7.28. The highest BCUT2D eigenvalue weighted by Crippen LogP contribution is 2.28. The third kappa shape index (κ3) is 26.0. The van der Waals surface area contributed by atoms with Gasteiger partial charge < -0.3 is 14.8 Å². The van der Waals surface area contributed by atoms with Crippen molar-refractivity contribution >= 4 is 27.6 Å². The van der Waals surface area contributed by atoms with Crippen LogP contribution in [0.1, 0.15) is 132 Å². The second-order valence-electron chi connectivity index (χ2n) is 10.8. The Labute approximate surface area is 257 Å². The zero-order valence-corrected chi connectivity index (χ0v) is 25.2. The van der Waals surface area contributed by atoms with E-state index in [0.29, 0.717) is 37.5 Å². The first-order chi connectivity index (χ1) is 16.4. The molecule has 0 aromatic heterocycles. The van der Waals surface area contributed by atoms with Crippen LogP contribution in [0.4, 0.5) is 0 Å². The van der Waals surface area contributed by atoms with Crippen molar-refractivity contribution in [1.29, 1.82) is 0 Å². The average Bonchev–Trinajstić information content (AvgIpc) is 2.72. The third-order valence-electron chi connectivity index (χ3n) is 5.70. The fourth-order valence-electron chi connectivity index (χ4n) is 3.94. The number of rotatable bonds is 17. The number of amides is 1. The highest BCUT2D eigenvalue weighted by Gasteiger charge is 2.35. The molecule has 256 valence electrons. The van der Waals surface area contributed by atoms with Gasteiger partial charge >= 0.3 is 0 Å². The number of carbonyl (C=O) groups is 3. The largest absolute Gasteiger partial charge is 0.374 e. The van der Waals surface area contributed by atoms with Crippen molar-refractivity contribution in [3.05, 3.63) is 0 Å². The Balaban J connectivity index is -0.000000104. The summed E-state index contributed by atoms with van der Waals surface area (Å²) in [6.07, 6.45) is 3.36. The predicted octanol–water partition coefficient (Wildman–Crippen LogP) is 7.50. The molecule has 0 aliphatic rings. The van der Waals surface area contributed by atoms with Crippen LogP contribution < -0.4 is 5.32 Å². The lowest BCUT2D eigenvalue weighted by atomic mass is 9.84. The van der Waals surface area contributed by atoms with Gasteiger partial charge in [0.25, 0.3) is 10.1 Å². The van der Waals surface area contributed by atoms with Crippen LogP contribution in [0, 0.1) is 11.8 Å². The minimum Gasteiger partial charge on any atom is -0.374 e. The molecular formula is C31H73NO8S. The van der Waals surface area contributed by atoms with Crippen LogP contribution in [0.2, 0.25) is 0 Å². The van der Waals surface area contributed by atoms with E-state index in [4.69, 9.17) is 9.47 Å². The number of methoxy groups -OCH3 is 2. The number of hydrogen-bond donors (Lipinski definition) is 1. The molecule has 0 aromatic carbocycles. The van der Waals surface area contributed by atoms with Crippen LogP contribution in [0.5, 0.6) is 0 Å². The quantitative estimate of drug-likeness (QED) is 0.131. The summed E-state index contributed by atoms with van der Waals surface area (Å²) < 4.78 is 38.0.